The van der Waals surface area contributed by atoms with E-state index in [4.69, 9.17) is 9.84 Å². The molecule has 2 fully saturated rings. The molecule has 1 saturated heterocycles. The molecule has 18 heavy (non-hydrogen) atoms. The molecular weight excluding hydrogens is 236 g/mol. The van der Waals surface area contributed by atoms with E-state index in [-0.39, 0.29) is 0 Å². The fourth-order valence-corrected chi connectivity index (χ4v) is 2.48. The van der Waals surface area contributed by atoms with Gasteiger partial charge in [-0.1, -0.05) is 0 Å². The SMILES string of the molecule is CC1(NC(=O)NC2(C(=O)O)CCC2)CCCOC1. The first-order valence-corrected chi connectivity index (χ1v) is 6.37. The molecule has 0 aromatic carbocycles. The van der Waals surface area contributed by atoms with Crippen LogP contribution in [-0.4, -0.2) is 41.4 Å². The number of carboxylic acids is 1. The summed E-state index contributed by atoms with van der Waals surface area (Å²) in [4.78, 5) is 23.0. The van der Waals surface area contributed by atoms with Gasteiger partial charge in [0.05, 0.1) is 12.1 Å². The topological polar surface area (TPSA) is 87.7 Å². The van der Waals surface area contributed by atoms with E-state index in [0.29, 0.717) is 19.4 Å². The summed E-state index contributed by atoms with van der Waals surface area (Å²) in [6.45, 7) is 3.11. The van der Waals surface area contributed by atoms with Gasteiger partial charge in [-0.15, -0.1) is 0 Å². The highest BCUT2D eigenvalue weighted by Gasteiger charge is 2.46. The standard InChI is InChI=1S/C12H20N2O4/c1-11(4-3-7-18-8-11)13-10(17)14-12(9(15)16)5-2-6-12/h2-8H2,1H3,(H,15,16)(H2,13,14,17). The van der Waals surface area contributed by atoms with Crippen molar-refractivity contribution in [3.63, 3.8) is 0 Å². The number of carboxylic acid groups (broad SMARTS) is 1. The van der Waals surface area contributed by atoms with Crippen LogP contribution in [0.25, 0.3) is 0 Å². The first kappa shape index (κ1) is 13.1. The zero-order chi connectivity index (χ0) is 13.2. The van der Waals surface area contributed by atoms with Crippen LogP contribution in [0.3, 0.4) is 0 Å². The Balaban J connectivity index is 1.90. The Morgan fingerprint density at radius 3 is 2.33 bits per heavy atom. The van der Waals surface area contributed by atoms with E-state index < -0.39 is 23.1 Å². The van der Waals surface area contributed by atoms with Crippen molar-refractivity contribution in [1.82, 2.24) is 10.6 Å². The van der Waals surface area contributed by atoms with E-state index in [2.05, 4.69) is 10.6 Å². The van der Waals surface area contributed by atoms with Crippen LogP contribution < -0.4 is 10.6 Å². The second-order valence-electron chi connectivity index (χ2n) is 5.54. The van der Waals surface area contributed by atoms with Crippen LogP contribution in [0.15, 0.2) is 0 Å². The highest BCUT2D eigenvalue weighted by molar-refractivity contribution is 5.87. The Kier molecular flexibility index (Phi) is 3.47. The average molecular weight is 256 g/mol. The van der Waals surface area contributed by atoms with Crippen molar-refractivity contribution in [2.24, 2.45) is 0 Å². The highest BCUT2D eigenvalue weighted by Crippen LogP contribution is 2.32. The van der Waals surface area contributed by atoms with Gasteiger partial charge in [0.15, 0.2) is 0 Å². The lowest BCUT2D eigenvalue weighted by atomic mass is 9.77. The van der Waals surface area contributed by atoms with Gasteiger partial charge in [0, 0.05) is 6.61 Å². The van der Waals surface area contributed by atoms with E-state index in [9.17, 15) is 9.59 Å². The Hall–Kier alpha value is -1.30. The predicted molar refractivity (Wildman–Crippen MR) is 64.3 cm³/mol. The monoisotopic (exact) mass is 256 g/mol. The number of carbonyl (C=O) groups excluding carboxylic acids is 1. The molecule has 1 heterocycles. The highest BCUT2D eigenvalue weighted by atomic mass is 16.5. The second kappa shape index (κ2) is 4.76. The van der Waals surface area contributed by atoms with Gasteiger partial charge in [0.1, 0.15) is 5.54 Å². The molecular formula is C12H20N2O4. The van der Waals surface area contributed by atoms with Gasteiger partial charge in [-0.05, 0) is 39.0 Å². The largest absolute Gasteiger partial charge is 0.480 e. The molecule has 1 aliphatic carbocycles. The summed E-state index contributed by atoms with van der Waals surface area (Å²) < 4.78 is 5.35. The Labute approximate surface area is 106 Å². The lowest BCUT2D eigenvalue weighted by Gasteiger charge is -2.40. The smallest absolute Gasteiger partial charge is 0.329 e. The summed E-state index contributed by atoms with van der Waals surface area (Å²) in [6.07, 6.45) is 3.60. The molecule has 6 heteroatoms. The van der Waals surface area contributed by atoms with Crippen molar-refractivity contribution in [2.75, 3.05) is 13.2 Å². The first-order valence-electron chi connectivity index (χ1n) is 6.37. The molecule has 1 saturated carbocycles. The first-order chi connectivity index (χ1) is 8.46. The van der Waals surface area contributed by atoms with E-state index in [1.807, 2.05) is 6.92 Å². The van der Waals surface area contributed by atoms with Gasteiger partial charge in [0.2, 0.25) is 0 Å². The maximum absolute atomic E-state index is 11.9. The van der Waals surface area contributed by atoms with Crippen molar-refractivity contribution >= 4 is 12.0 Å². The minimum absolute atomic E-state index is 0.397. The third-order valence-electron chi connectivity index (χ3n) is 3.82. The number of aliphatic carboxylic acids is 1. The number of ether oxygens (including phenoxy) is 1. The number of rotatable bonds is 3. The predicted octanol–water partition coefficient (Wildman–Crippen LogP) is 0.862. The number of nitrogens with one attached hydrogen (secondary N) is 2. The van der Waals surface area contributed by atoms with Gasteiger partial charge in [0.25, 0.3) is 0 Å². The van der Waals surface area contributed by atoms with Gasteiger partial charge in [-0.25, -0.2) is 9.59 Å². The van der Waals surface area contributed by atoms with E-state index in [0.717, 1.165) is 25.9 Å². The number of hydrogen-bond acceptors (Lipinski definition) is 3. The lowest BCUT2D eigenvalue weighted by molar-refractivity contribution is -0.148. The Morgan fingerprint density at radius 1 is 1.17 bits per heavy atom. The molecule has 0 aromatic heterocycles. The van der Waals surface area contributed by atoms with Crippen molar-refractivity contribution in [1.29, 1.82) is 0 Å². The lowest BCUT2D eigenvalue weighted by Crippen LogP contribution is -2.64. The van der Waals surface area contributed by atoms with E-state index >= 15 is 0 Å². The van der Waals surface area contributed by atoms with E-state index in [1.54, 1.807) is 0 Å². The van der Waals surface area contributed by atoms with Gasteiger partial charge in [-0.2, -0.15) is 0 Å². The third kappa shape index (κ3) is 2.58. The van der Waals surface area contributed by atoms with Crippen LogP contribution in [0.1, 0.15) is 39.0 Å². The zero-order valence-corrected chi connectivity index (χ0v) is 10.6. The Bertz CT molecular complexity index is 346. The number of amides is 2. The van der Waals surface area contributed by atoms with Crippen LogP contribution in [0.2, 0.25) is 0 Å². The maximum Gasteiger partial charge on any atom is 0.329 e. The number of hydrogen-bond donors (Lipinski definition) is 3. The van der Waals surface area contributed by atoms with Gasteiger partial charge in [-0.3, -0.25) is 0 Å². The Morgan fingerprint density at radius 2 is 1.89 bits per heavy atom. The minimum Gasteiger partial charge on any atom is -0.480 e. The molecule has 0 aromatic rings. The van der Waals surface area contributed by atoms with Crippen LogP contribution in [0.5, 0.6) is 0 Å². The molecule has 2 aliphatic rings. The fourth-order valence-electron chi connectivity index (χ4n) is 2.48. The molecule has 2 amide bonds. The molecule has 102 valence electrons. The quantitative estimate of drug-likeness (QED) is 0.699. The molecule has 0 radical (unpaired) electrons. The summed E-state index contributed by atoms with van der Waals surface area (Å²) >= 11 is 0. The third-order valence-corrected chi connectivity index (χ3v) is 3.82. The summed E-state index contributed by atoms with van der Waals surface area (Å²) in [5.41, 5.74) is -1.46. The molecule has 2 rings (SSSR count). The summed E-state index contributed by atoms with van der Waals surface area (Å²) in [5.74, 6) is -0.950. The summed E-state index contributed by atoms with van der Waals surface area (Å²) in [6, 6.07) is -0.412. The van der Waals surface area contributed by atoms with Crippen LogP contribution >= 0.6 is 0 Å². The summed E-state index contributed by atoms with van der Waals surface area (Å²) in [5, 5.41) is 14.6. The molecule has 6 nitrogen and oxygen atoms in total. The maximum atomic E-state index is 11.9. The second-order valence-corrected chi connectivity index (χ2v) is 5.54. The number of carbonyl (C=O) groups is 2. The van der Waals surface area contributed by atoms with Crippen molar-refractivity contribution in [3.05, 3.63) is 0 Å². The fraction of sp³-hybridized carbons (Fsp3) is 0.833. The molecule has 1 atom stereocenters. The molecule has 0 bridgehead atoms. The molecule has 3 N–H and O–H groups in total. The van der Waals surface area contributed by atoms with Crippen LogP contribution in [0, 0.1) is 0 Å². The van der Waals surface area contributed by atoms with Crippen molar-refractivity contribution in [2.45, 2.75) is 50.1 Å². The molecule has 1 unspecified atom stereocenters. The van der Waals surface area contributed by atoms with Gasteiger partial charge < -0.3 is 20.5 Å². The normalized spacial score (nSPS) is 30.1. The van der Waals surface area contributed by atoms with Crippen molar-refractivity contribution < 1.29 is 19.4 Å². The minimum atomic E-state index is -1.06. The van der Waals surface area contributed by atoms with Crippen LogP contribution in [0.4, 0.5) is 4.79 Å². The van der Waals surface area contributed by atoms with Gasteiger partial charge >= 0.3 is 12.0 Å². The van der Waals surface area contributed by atoms with E-state index in [1.165, 1.54) is 0 Å². The van der Waals surface area contributed by atoms with Crippen LogP contribution in [-0.2, 0) is 9.53 Å². The summed E-state index contributed by atoms with van der Waals surface area (Å²) in [7, 11) is 0. The van der Waals surface area contributed by atoms with Crippen molar-refractivity contribution in [3.8, 4) is 0 Å². The molecule has 0 spiro atoms. The average Bonchev–Trinajstić information content (AvgIpc) is 2.23. The molecule has 1 aliphatic heterocycles. The number of urea groups is 1. The zero-order valence-electron chi connectivity index (χ0n) is 10.6.